The Labute approximate surface area is 190 Å². The number of fused-ring (bicyclic) bond motifs is 1. The first kappa shape index (κ1) is 21.3. The highest BCUT2D eigenvalue weighted by atomic mass is 32.2. The van der Waals surface area contributed by atoms with Gasteiger partial charge in [0.15, 0.2) is 5.13 Å². The number of aromatic nitrogens is 2. The monoisotopic (exact) mass is 449 g/mol. The van der Waals surface area contributed by atoms with E-state index in [1.54, 1.807) is 35.7 Å². The summed E-state index contributed by atoms with van der Waals surface area (Å²) in [6, 6.07) is 17.9. The molecule has 0 bridgehead atoms. The molecule has 0 saturated heterocycles. The summed E-state index contributed by atoms with van der Waals surface area (Å²) in [5, 5.41) is 0.715. The van der Waals surface area contributed by atoms with Crippen molar-refractivity contribution in [2.24, 2.45) is 0 Å². The molecule has 0 spiro atoms. The smallest absolute Gasteiger partial charge is 0.239 e. The fourth-order valence-corrected chi connectivity index (χ4v) is 4.94. The van der Waals surface area contributed by atoms with Gasteiger partial charge in [-0.25, -0.2) is 4.98 Å². The average Bonchev–Trinajstić information content (AvgIpc) is 3.25. The van der Waals surface area contributed by atoms with Crippen LogP contribution in [-0.4, -0.2) is 28.7 Å². The van der Waals surface area contributed by atoms with Crippen LogP contribution in [0.15, 0.2) is 71.9 Å². The van der Waals surface area contributed by atoms with Crippen molar-refractivity contribution < 1.29 is 9.53 Å². The Bertz CT molecular complexity index is 1160. The fraction of sp³-hybridized carbons (Fsp3) is 0.208. The molecule has 0 unspecified atom stereocenters. The SMILES string of the molecule is CCc1ccc2nc(N(Cc3cccnc3)C(=O)CSc3ccc(OC)cc3)sc2c1. The van der Waals surface area contributed by atoms with Gasteiger partial charge in [0, 0.05) is 17.3 Å². The maximum atomic E-state index is 13.3. The molecule has 2 aromatic heterocycles. The van der Waals surface area contributed by atoms with E-state index in [1.165, 1.54) is 17.3 Å². The molecule has 0 atom stereocenters. The van der Waals surface area contributed by atoms with Crippen LogP contribution >= 0.6 is 23.1 Å². The number of thioether (sulfide) groups is 1. The molecule has 0 aliphatic carbocycles. The lowest BCUT2D eigenvalue weighted by molar-refractivity contribution is -0.116. The maximum absolute atomic E-state index is 13.3. The molecule has 0 aliphatic rings. The van der Waals surface area contributed by atoms with Gasteiger partial charge in [-0.2, -0.15) is 0 Å². The van der Waals surface area contributed by atoms with E-state index in [0.29, 0.717) is 17.4 Å². The highest BCUT2D eigenvalue weighted by Gasteiger charge is 2.21. The number of methoxy groups -OCH3 is 1. The van der Waals surface area contributed by atoms with E-state index >= 15 is 0 Å². The third-order valence-electron chi connectivity index (χ3n) is 4.87. The highest BCUT2D eigenvalue weighted by molar-refractivity contribution is 8.00. The Morgan fingerprint density at radius 3 is 2.68 bits per heavy atom. The third kappa shape index (κ3) is 5.24. The lowest BCUT2D eigenvalue weighted by Crippen LogP contribution is -2.31. The minimum absolute atomic E-state index is 0.0134. The van der Waals surface area contributed by atoms with Crippen molar-refractivity contribution in [3.63, 3.8) is 0 Å². The number of pyridine rings is 1. The third-order valence-corrected chi connectivity index (χ3v) is 6.90. The van der Waals surface area contributed by atoms with E-state index in [2.05, 4.69) is 24.0 Å². The number of rotatable bonds is 8. The lowest BCUT2D eigenvalue weighted by Gasteiger charge is -2.19. The van der Waals surface area contributed by atoms with E-state index < -0.39 is 0 Å². The maximum Gasteiger partial charge on any atom is 0.239 e. The normalized spacial score (nSPS) is 10.9. The van der Waals surface area contributed by atoms with Crippen molar-refractivity contribution >= 4 is 44.4 Å². The van der Waals surface area contributed by atoms with Crippen LogP contribution in [0.4, 0.5) is 5.13 Å². The second-order valence-electron chi connectivity index (χ2n) is 6.96. The quantitative estimate of drug-likeness (QED) is 0.328. The number of nitrogens with zero attached hydrogens (tertiary/aromatic N) is 3. The van der Waals surface area contributed by atoms with Gasteiger partial charge in [-0.1, -0.05) is 30.4 Å². The Morgan fingerprint density at radius 2 is 1.97 bits per heavy atom. The predicted octanol–water partition coefficient (Wildman–Crippen LogP) is 5.59. The van der Waals surface area contributed by atoms with Crippen molar-refractivity contribution in [3.05, 3.63) is 78.1 Å². The molecule has 1 amide bonds. The Balaban J connectivity index is 1.58. The van der Waals surface area contributed by atoms with Gasteiger partial charge in [0.2, 0.25) is 5.91 Å². The molecule has 0 radical (unpaired) electrons. The van der Waals surface area contributed by atoms with Crippen LogP contribution in [0.3, 0.4) is 0 Å². The molecule has 0 fully saturated rings. The van der Waals surface area contributed by atoms with Crippen molar-refractivity contribution in [2.75, 3.05) is 17.8 Å². The first-order chi connectivity index (χ1) is 15.2. The zero-order valence-corrected chi connectivity index (χ0v) is 19.1. The minimum atomic E-state index is 0.0134. The van der Waals surface area contributed by atoms with Crippen LogP contribution < -0.4 is 9.64 Å². The molecule has 4 rings (SSSR count). The largest absolute Gasteiger partial charge is 0.497 e. The van der Waals surface area contributed by atoms with Crippen LogP contribution in [0, 0.1) is 0 Å². The van der Waals surface area contributed by atoms with E-state index in [0.717, 1.165) is 32.8 Å². The zero-order valence-electron chi connectivity index (χ0n) is 17.4. The number of aryl methyl sites for hydroxylation is 1. The second-order valence-corrected chi connectivity index (χ2v) is 9.02. The summed E-state index contributed by atoms with van der Waals surface area (Å²) in [4.78, 5) is 25.0. The minimum Gasteiger partial charge on any atom is -0.497 e. The summed E-state index contributed by atoms with van der Waals surface area (Å²) in [7, 11) is 1.64. The van der Waals surface area contributed by atoms with Crippen LogP contribution in [0.1, 0.15) is 18.1 Å². The summed E-state index contributed by atoms with van der Waals surface area (Å²) in [6.45, 7) is 2.58. The molecule has 0 aliphatic heterocycles. The Kier molecular flexibility index (Phi) is 6.84. The molecule has 4 aromatic rings. The van der Waals surface area contributed by atoms with Gasteiger partial charge in [-0.3, -0.25) is 14.7 Å². The highest BCUT2D eigenvalue weighted by Crippen LogP contribution is 2.32. The number of amides is 1. The molecule has 31 heavy (non-hydrogen) atoms. The molecule has 0 saturated carbocycles. The summed E-state index contributed by atoms with van der Waals surface area (Å²) in [5.41, 5.74) is 3.16. The standard InChI is InChI=1S/C24H23N3O2S2/c1-3-17-6-11-21-22(13-17)31-24(26-21)27(15-18-5-4-12-25-14-18)23(28)16-30-20-9-7-19(29-2)8-10-20/h4-14H,3,15-16H2,1-2H3. The number of hydrogen-bond acceptors (Lipinski definition) is 6. The summed E-state index contributed by atoms with van der Waals surface area (Å²) in [6.07, 6.45) is 4.50. The molecule has 7 heteroatoms. The van der Waals surface area contributed by atoms with Gasteiger partial charge >= 0.3 is 0 Å². The van der Waals surface area contributed by atoms with Crippen LogP contribution in [-0.2, 0) is 17.8 Å². The Morgan fingerprint density at radius 1 is 1.13 bits per heavy atom. The predicted molar refractivity (Wildman–Crippen MR) is 128 cm³/mol. The van der Waals surface area contributed by atoms with Crippen molar-refractivity contribution in [3.8, 4) is 5.75 Å². The second kappa shape index (κ2) is 9.94. The molecule has 5 nitrogen and oxygen atoms in total. The van der Waals surface area contributed by atoms with Crippen molar-refractivity contribution in [1.82, 2.24) is 9.97 Å². The van der Waals surface area contributed by atoms with Gasteiger partial charge in [0.25, 0.3) is 0 Å². The van der Waals surface area contributed by atoms with E-state index in [9.17, 15) is 4.79 Å². The first-order valence-corrected chi connectivity index (χ1v) is 11.8. The van der Waals surface area contributed by atoms with E-state index in [4.69, 9.17) is 9.72 Å². The summed E-state index contributed by atoms with van der Waals surface area (Å²) < 4.78 is 6.30. The number of hydrogen-bond donors (Lipinski definition) is 0. The van der Waals surface area contributed by atoms with Gasteiger partial charge in [0.1, 0.15) is 5.75 Å². The topological polar surface area (TPSA) is 55.3 Å². The molecular formula is C24H23N3O2S2. The Hall–Kier alpha value is -2.90. The summed E-state index contributed by atoms with van der Waals surface area (Å²) in [5.74, 6) is 1.14. The van der Waals surface area contributed by atoms with Crippen LogP contribution in [0.25, 0.3) is 10.2 Å². The van der Waals surface area contributed by atoms with Gasteiger partial charge in [-0.05, 0) is 60.0 Å². The number of benzene rings is 2. The summed E-state index contributed by atoms with van der Waals surface area (Å²) >= 11 is 3.07. The molecular weight excluding hydrogens is 426 g/mol. The fourth-order valence-electron chi connectivity index (χ4n) is 3.12. The zero-order chi connectivity index (χ0) is 21.6. The van der Waals surface area contributed by atoms with Gasteiger partial charge in [0.05, 0.1) is 29.6 Å². The van der Waals surface area contributed by atoms with Gasteiger partial charge < -0.3 is 4.74 Å². The van der Waals surface area contributed by atoms with E-state index in [1.807, 2.05) is 42.5 Å². The first-order valence-electron chi connectivity index (χ1n) is 10.0. The number of anilines is 1. The molecule has 158 valence electrons. The van der Waals surface area contributed by atoms with Crippen molar-refractivity contribution in [2.45, 2.75) is 24.8 Å². The number of ether oxygens (including phenoxy) is 1. The number of thiazole rings is 1. The average molecular weight is 450 g/mol. The lowest BCUT2D eigenvalue weighted by atomic mass is 10.2. The molecule has 2 aromatic carbocycles. The van der Waals surface area contributed by atoms with Crippen LogP contribution in [0.2, 0.25) is 0 Å². The van der Waals surface area contributed by atoms with E-state index in [-0.39, 0.29) is 5.91 Å². The number of carbonyl (C=O) groups is 1. The van der Waals surface area contributed by atoms with Crippen molar-refractivity contribution in [1.29, 1.82) is 0 Å². The molecule has 2 heterocycles. The number of carbonyl (C=O) groups excluding carboxylic acids is 1. The van der Waals surface area contributed by atoms with Gasteiger partial charge in [-0.15, -0.1) is 11.8 Å². The van der Waals surface area contributed by atoms with Crippen LogP contribution in [0.5, 0.6) is 5.75 Å². The molecule has 0 N–H and O–H groups in total.